The molecule has 3 aliphatic rings. The molecule has 0 unspecified atom stereocenters. The Balaban J connectivity index is 1.21. The van der Waals surface area contributed by atoms with Crippen LogP contribution in [0, 0.1) is 0 Å². The number of aliphatic hydroxyl groups excluding tert-OH is 1. The lowest BCUT2D eigenvalue weighted by atomic mass is 9.84. The maximum Gasteiger partial charge on any atom is 0.319 e. The zero-order chi connectivity index (χ0) is 24.9. The number of carbonyl (C=O) groups is 2. The Labute approximate surface area is 211 Å². The zero-order valence-electron chi connectivity index (χ0n) is 20.3. The molecule has 2 aromatic rings. The van der Waals surface area contributed by atoms with Gasteiger partial charge in [0, 0.05) is 42.1 Å². The van der Waals surface area contributed by atoms with Crippen LogP contribution in [0.4, 0.5) is 10.5 Å². The summed E-state index contributed by atoms with van der Waals surface area (Å²) < 4.78 is 12.2. The van der Waals surface area contributed by atoms with E-state index in [9.17, 15) is 14.7 Å². The molecule has 0 radical (unpaired) electrons. The topological polar surface area (TPSA) is 122 Å². The molecule has 1 aromatic heterocycles. The number of benzene rings is 1. The van der Waals surface area contributed by atoms with Crippen LogP contribution in [0.15, 0.2) is 42.7 Å². The van der Waals surface area contributed by atoms with E-state index in [0.29, 0.717) is 18.7 Å². The van der Waals surface area contributed by atoms with E-state index in [4.69, 9.17) is 9.47 Å². The highest BCUT2D eigenvalue weighted by Crippen LogP contribution is 2.47. The molecule has 2 fully saturated rings. The first-order valence-electron chi connectivity index (χ1n) is 12.9. The van der Waals surface area contributed by atoms with Crippen LogP contribution in [0.1, 0.15) is 62.0 Å². The number of nitrogens with one attached hydrogen (secondary N) is 3. The molecular formula is C27H34N4O5. The summed E-state index contributed by atoms with van der Waals surface area (Å²) in [7, 11) is 0. The summed E-state index contributed by atoms with van der Waals surface area (Å²) in [6, 6.07) is 9.38. The van der Waals surface area contributed by atoms with Crippen molar-refractivity contribution in [1.29, 1.82) is 0 Å². The fourth-order valence-electron chi connectivity index (χ4n) is 5.55. The number of fused-ring (bicyclic) bond motifs is 3. The standard InChI is InChI=1S/C27H34N4O5/c32-16-24-26-22(13-20(35-24)14-25(33)29-15-17-8-10-28-11-9-17)21-12-19(6-7-23(21)36-26)31-27(34)30-18-4-2-1-3-5-18/h6-12,18,20,22,24,26,32H,1-5,13-16H2,(H,29,33)(H2,30,31,34)/t20-,22-,24-,26+/m0/s1. The molecule has 0 spiro atoms. The zero-order valence-corrected chi connectivity index (χ0v) is 20.3. The minimum atomic E-state index is -0.528. The second-order valence-electron chi connectivity index (χ2n) is 9.93. The van der Waals surface area contributed by atoms with Gasteiger partial charge in [-0.25, -0.2) is 4.79 Å². The number of amides is 3. The summed E-state index contributed by atoms with van der Waals surface area (Å²) in [5.41, 5.74) is 2.64. The Hall–Kier alpha value is -3.17. The second kappa shape index (κ2) is 11.3. The average molecular weight is 495 g/mol. The van der Waals surface area contributed by atoms with Gasteiger partial charge in [-0.05, 0) is 55.2 Å². The van der Waals surface area contributed by atoms with E-state index in [1.165, 1.54) is 6.42 Å². The van der Waals surface area contributed by atoms with Gasteiger partial charge in [0.2, 0.25) is 5.91 Å². The number of carbonyl (C=O) groups excluding carboxylic acids is 2. The number of hydrogen-bond acceptors (Lipinski definition) is 6. The molecule has 3 amide bonds. The van der Waals surface area contributed by atoms with Gasteiger partial charge < -0.3 is 30.5 Å². The number of hydrogen-bond donors (Lipinski definition) is 4. The first kappa shape index (κ1) is 24.5. The number of rotatable bonds is 7. The fourth-order valence-corrected chi connectivity index (χ4v) is 5.55. The van der Waals surface area contributed by atoms with E-state index in [2.05, 4.69) is 20.9 Å². The maximum absolute atomic E-state index is 12.6. The van der Waals surface area contributed by atoms with Crippen molar-refractivity contribution in [2.24, 2.45) is 0 Å². The van der Waals surface area contributed by atoms with Crippen LogP contribution < -0.4 is 20.7 Å². The van der Waals surface area contributed by atoms with Gasteiger partial charge in [-0.15, -0.1) is 0 Å². The molecule has 5 rings (SSSR count). The van der Waals surface area contributed by atoms with E-state index in [0.717, 1.165) is 42.6 Å². The first-order chi connectivity index (χ1) is 17.6. The third kappa shape index (κ3) is 5.79. The predicted molar refractivity (Wildman–Crippen MR) is 134 cm³/mol. The van der Waals surface area contributed by atoms with Crippen LogP contribution in [0.5, 0.6) is 5.75 Å². The highest BCUT2D eigenvalue weighted by Gasteiger charge is 2.46. The lowest BCUT2D eigenvalue weighted by molar-refractivity contribution is -0.142. The molecule has 9 heteroatoms. The minimum absolute atomic E-state index is 0.0351. The van der Waals surface area contributed by atoms with Crippen molar-refractivity contribution in [3.63, 3.8) is 0 Å². The minimum Gasteiger partial charge on any atom is -0.487 e. The number of pyridine rings is 1. The monoisotopic (exact) mass is 494 g/mol. The van der Waals surface area contributed by atoms with E-state index >= 15 is 0 Å². The highest BCUT2D eigenvalue weighted by molar-refractivity contribution is 5.89. The Morgan fingerprint density at radius 3 is 2.67 bits per heavy atom. The Morgan fingerprint density at radius 1 is 1.08 bits per heavy atom. The molecule has 2 aliphatic heterocycles. The largest absolute Gasteiger partial charge is 0.487 e. The van der Waals surface area contributed by atoms with Crippen LogP contribution in [0.25, 0.3) is 0 Å². The highest BCUT2D eigenvalue weighted by atomic mass is 16.6. The number of nitrogens with zero attached hydrogens (tertiary/aromatic N) is 1. The molecule has 3 heterocycles. The maximum atomic E-state index is 12.6. The summed E-state index contributed by atoms with van der Waals surface area (Å²) in [5.74, 6) is 0.584. The van der Waals surface area contributed by atoms with Crippen molar-refractivity contribution in [2.45, 2.75) is 81.8 Å². The van der Waals surface area contributed by atoms with E-state index < -0.39 is 6.10 Å². The fraction of sp³-hybridized carbons (Fsp3) is 0.519. The molecule has 9 nitrogen and oxygen atoms in total. The van der Waals surface area contributed by atoms with Crippen LogP contribution in [0.2, 0.25) is 0 Å². The molecule has 1 aromatic carbocycles. The normalized spacial score (nSPS) is 25.2. The Kier molecular flexibility index (Phi) is 7.67. The van der Waals surface area contributed by atoms with Crippen molar-refractivity contribution in [1.82, 2.24) is 15.6 Å². The van der Waals surface area contributed by atoms with Crippen molar-refractivity contribution >= 4 is 17.6 Å². The molecule has 1 saturated carbocycles. The van der Waals surface area contributed by atoms with Crippen molar-refractivity contribution in [3.05, 3.63) is 53.9 Å². The molecule has 4 N–H and O–H groups in total. The molecular weight excluding hydrogens is 460 g/mol. The number of aliphatic hydroxyl groups is 1. The van der Waals surface area contributed by atoms with Gasteiger partial charge in [-0.1, -0.05) is 19.3 Å². The summed E-state index contributed by atoms with van der Waals surface area (Å²) in [6.45, 7) is 0.229. The Bertz CT molecular complexity index is 1060. The van der Waals surface area contributed by atoms with Gasteiger partial charge in [0.05, 0.1) is 19.1 Å². The quantitative estimate of drug-likeness (QED) is 0.469. The summed E-state index contributed by atoms with van der Waals surface area (Å²) in [6.07, 6.45) is 8.56. The third-order valence-electron chi connectivity index (χ3n) is 7.35. The number of urea groups is 1. The summed E-state index contributed by atoms with van der Waals surface area (Å²) in [5, 5.41) is 18.9. The molecule has 192 valence electrons. The third-order valence-corrected chi connectivity index (χ3v) is 7.35. The van der Waals surface area contributed by atoms with Gasteiger partial charge in [0.1, 0.15) is 18.0 Å². The van der Waals surface area contributed by atoms with Gasteiger partial charge in [-0.3, -0.25) is 9.78 Å². The molecule has 4 atom stereocenters. The van der Waals surface area contributed by atoms with Crippen molar-refractivity contribution in [3.8, 4) is 5.75 Å². The summed E-state index contributed by atoms with van der Waals surface area (Å²) in [4.78, 5) is 29.1. The molecule has 1 saturated heterocycles. The SMILES string of the molecule is O=C(C[C@@H]1C[C@H]2c3cc(NC(=O)NC4CCCCC4)ccc3O[C@H]2[C@H](CO)O1)NCc1ccncc1. The Morgan fingerprint density at radius 2 is 1.89 bits per heavy atom. The van der Waals surface area contributed by atoms with E-state index in [1.54, 1.807) is 12.4 Å². The average Bonchev–Trinajstić information content (AvgIpc) is 3.26. The van der Waals surface area contributed by atoms with Gasteiger partial charge in [0.15, 0.2) is 0 Å². The second-order valence-corrected chi connectivity index (χ2v) is 9.93. The van der Waals surface area contributed by atoms with Crippen molar-refractivity contribution < 1.29 is 24.2 Å². The van der Waals surface area contributed by atoms with Gasteiger partial charge >= 0.3 is 6.03 Å². The molecule has 36 heavy (non-hydrogen) atoms. The smallest absolute Gasteiger partial charge is 0.319 e. The van der Waals surface area contributed by atoms with E-state index in [-0.39, 0.29) is 49.1 Å². The molecule has 1 aliphatic carbocycles. The lowest BCUT2D eigenvalue weighted by Crippen LogP contribution is -2.47. The van der Waals surface area contributed by atoms with Crippen LogP contribution in [-0.4, -0.2) is 53.0 Å². The number of aromatic nitrogens is 1. The van der Waals surface area contributed by atoms with Crippen LogP contribution >= 0.6 is 0 Å². The van der Waals surface area contributed by atoms with Crippen LogP contribution in [-0.2, 0) is 16.1 Å². The first-order valence-corrected chi connectivity index (χ1v) is 12.9. The lowest BCUT2D eigenvalue weighted by Gasteiger charge is -2.37. The number of ether oxygens (including phenoxy) is 2. The predicted octanol–water partition coefficient (Wildman–Crippen LogP) is 3.24. The van der Waals surface area contributed by atoms with Gasteiger partial charge in [0.25, 0.3) is 0 Å². The number of anilines is 1. The molecule has 0 bridgehead atoms. The van der Waals surface area contributed by atoms with E-state index in [1.807, 2.05) is 30.3 Å². The van der Waals surface area contributed by atoms with Crippen molar-refractivity contribution in [2.75, 3.05) is 11.9 Å². The van der Waals surface area contributed by atoms with Gasteiger partial charge in [-0.2, -0.15) is 0 Å². The summed E-state index contributed by atoms with van der Waals surface area (Å²) >= 11 is 0. The van der Waals surface area contributed by atoms with Crippen LogP contribution in [0.3, 0.4) is 0 Å².